The number of nitrogens with one attached hydrogen (secondary N) is 2. The fourth-order valence-electron chi connectivity index (χ4n) is 4.29. The first-order chi connectivity index (χ1) is 23.6. The maximum Gasteiger partial charge on any atom is 0.326 e. The van der Waals surface area contributed by atoms with E-state index in [-0.39, 0.29) is 40.9 Å². The van der Waals surface area contributed by atoms with Crippen LogP contribution >= 0.6 is 0 Å². The fraction of sp³-hybridized carbons (Fsp3) is 0.200. The summed E-state index contributed by atoms with van der Waals surface area (Å²) < 4.78 is 30.8. The van der Waals surface area contributed by atoms with Crippen LogP contribution in [-0.4, -0.2) is 74.7 Å². The number of carbonyl (C=O) groups excluding carboxylic acids is 1. The number of nitrogen functional groups attached to an aromatic ring is 3. The summed E-state index contributed by atoms with van der Waals surface area (Å²) in [4.78, 5) is 52.8. The van der Waals surface area contributed by atoms with E-state index in [1.807, 2.05) is 11.9 Å². The zero-order valence-electron chi connectivity index (χ0n) is 26.6. The molecule has 2 aromatic carbocycles. The highest BCUT2D eigenvalue weighted by atomic mass is 32.2. The van der Waals surface area contributed by atoms with Crippen molar-refractivity contribution in [2.45, 2.75) is 37.2 Å². The molecule has 0 saturated carbocycles. The summed E-state index contributed by atoms with van der Waals surface area (Å²) in [5, 5.41) is 23.8. The van der Waals surface area contributed by atoms with Crippen LogP contribution in [-0.2, 0) is 26.2 Å². The number of aromatic nitrogens is 5. The molecule has 0 aliphatic carbocycles. The molecule has 50 heavy (non-hydrogen) atoms. The number of aryl methyl sites for hydroxylation is 1. The summed E-state index contributed by atoms with van der Waals surface area (Å²) in [6, 6.07) is 12.5. The summed E-state index contributed by atoms with van der Waals surface area (Å²) in [5.41, 5.74) is 19.6. The molecule has 0 unspecified atom stereocenters. The number of carboxylic acids is 2. The van der Waals surface area contributed by atoms with Gasteiger partial charge in [-0.15, -0.1) is 0 Å². The number of fused-ring (bicyclic) bond motifs is 1. The lowest BCUT2D eigenvalue weighted by atomic mass is 10.1. The molecule has 19 nitrogen and oxygen atoms in total. The van der Waals surface area contributed by atoms with Gasteiger partial charge in [-0.25, -0.2) is 23.2 Å². The maximum atomic E-state index is 12.4. The van der Waals surface area contributed by atoms with Crippen LogP contribution in [0.3, 0.4) is 0 Å². The predicted molar refractivity (Wildman–Crippen MR) is 181 cm³/mol. The van der Waals surface area contributed by atoms with Crippen molar-refractivity contribution < 1.29 is 37.5 Å². The molecule has 10 N–H and O–H groups in total. The van der Waals surface area contributed by atoms with Crippen molar-refractivity contribution in [3.8, 4) is 0 Å². The summed E-state index contributed by atoms with van der Waals surface area (Å²) >= 11 is 0. The predicted octanol–water partition coefficient (Wildman–Crippen LogP) is 1.63. The average molecular weight is 708 g/mol. The molecule has 0 saturated heterocycles. The number of carbonyl (C=O) groups is 3. The Morgan fingerprint density at radius 1 is 0.980 bits per heavy atom. The van der Waals surface area contributed by atoms with Gasteiger partial charge in [0.05, 0.1) is 23.3 Å². The molecule has 0 aliphatic rings. The lowest BCUT2D eigenvalue weighted by Gasteiger charge is -2.19. The number of anilines is 5. The van der Waals surface area contributed by atoms with Crippen molar-refractivity contribution >= 4 is 68.0 Å². The number of benzene rings is 2. The second-order valence-electron chi connectivity index (χ2n) is 10.7. The number of hydrogen-bond donors (Lipinski definition) is 7. The smallest absolute Gasteiger partial charge is 0.326 e. The zero-order valence-corrected chi connectivity index (χ0v) is 27.5. The van der Waals surface area contributed by atoms with Crippen molar-refractivity contribution in [2.24, 2.45) is 0 Å². The second-order valence-corrected chi connectivity index (χ2v) is 12.4. The normalized spacial score (nSPS) is 11.6. The highest BCUT2D eigenvalue weighted by Crippen LogP contribution is 2.20. The molecular formula is C30H33N11O8S. The third-order valence-corrected chi connectivity index (χ3v) is 8.15. The van der Waals surface area contributed by atoms with Crippen LogP contribution in [0.2, 0.25) is 0 Å². The second kappa shape index (κ2) is 15.6. The molecule has 0 radical (unpaired) electrons. The van der Waals surface area contributed by atoms with E-state index in [4.69, 9.17) is 26.8 Å². The Balaban J connectivity index is 0.000000276. The Morgan fingerprint density at radius 3 is 2.26 bits per heavy atom. The number of nitrogens with two attached hydrogens (primary N) is 3. The van der Waals surface area contributed by atoms with Gasteiger partial charge in [-0.1, -0.05) is 5.16 Å². The van der Waals surface area contributed by atoms with E-state index < -0.39 is 33.9 Å². The number of nitrogens with zero attached hydrogens (tertiary/aromatic N) is 6. The number of aliphatic carboxylic acids is 2. The van der Waals surface area contributed by atoms with Crippen molar-refractivity contribution in [2.75, 3.05) is 33.9 Å². The minimum Gasteiger partial charge on any atom is -0.481 e. The number of amides is 1. The Bertz CT molecular complexity index is 2110. The Labute approximate surface area is 284 Å². The van der Waals surface area contributed by atoms with E-state index in [1.165, 1.54) is 42.5 Å². The van der Waals surface area contributed by atoms with E-state index >= 15 is 0 Å². The highest BCUT2D eigenvalue weighted by Gasteiger charge is 2.22. The van der Waals surface area contributed by atoms with Gasteiger partial charge < -0.3 is 42.2 Å². The van der Waals surface area contributed by atoms with Gasteiger partial charge in [-0.3, -0.25) is 14.3 Å². The first-order valence-electron chi connectivity index (χ1n) is 14.5. The van der Waals surface area contributed by atoms with Crippen LogP contribution in [0.15, 0.2) is 70.2 Å². The Morgan fingerprint density at radius 2 is 1.66 bits per heavy atom. The van der Waals surface area contributed by atoms with Crippen LogP contribution in [0.5, 0.6) is 0 Å². The number of sulfonamides is 1. The molecular weight excluding hydrogens is 674 g/mol. The SMILES string of the molecule is CN(Cc1cnc2nc(N)nc(N)c2n1)c1ccc(C(=O)N[C@@H](CCC(=O)O)C(=O)O)cc1.Cc1cc(NS(=O)(=O)c2ccc(N)cc2)no1. The molecule has 5 aromatic rings. The monoisotopic (exact) mass is 707 g/mol. The lowest BCUT2D eigenvalue weighted by molar-refractivity contribution is -0.140. The van der Waals surface area contributed by atoms with E-state index in [9.17, 15) is 27.9 Å². The van der Waals surface area contributed by atoms with Crippen LogP contribution in [0.4, 0.5) is 29.0 Å². The van der Waals surface area contributed by atoms with Crippen molar-refractivity contribution in [3.05, 3.63) is 77.8 Å². The van der Waals surface area contributed by atoms with E-state index in [0.717, 1.165) is 5.69 Å². The molecule has 1 atom stereocenters. The fourth-order valence-corrected chi connectivity index (χ4v) is 5.27. The maximum absolute atomic E-state index is 12.4. The zero-order chi connectivity index (χ0) is 36.6. The summed E-state index contributed by atoms with van der Waals surface area (Å²) in [5.74, 6) is -2.23. The van der Waals surface area contributed by atoms with E-state index in [2.05, 4.69) is 35.1 Å². The Kier molecular flexibility index (Phi) is 11.3. The van der Waals surface area contributed by atoms with Crippen molar-refractivity contribution in [1.29, 1.82) is 0 Å². The molecule has 0 aliphatic heterocycles. The molecule has 3 aromatic heterocycles. The minimum absolute atomic E-state index is 0.0138. The van der Waals surface area contributed by atoms with Gasteiger partial charge >= 0.3 is 11.9 Å². The largest absolute Gasteiger partial charge is 0.481 e. The van der Waals surface area contributed by atoms with Gasteiger partial charge in [0.2, 0.25) is 5.95 Å². The Hall–Kier alpha value is -6.57. The van der Waals surface area contributed by atoms with Crippen molar-refractivity contribution in [1.82, 2.24) is 30.4 Å². The number of rotatable bonds is 12. The molecule has 0 fully saturated rings. The third-order valence-electron chi connectivity index (χ3n) is 6.78. The molecule has 3 heterocycles. The first kappa shape index (κ1) is 36.3. The molecule has 262 valence electrons. The summed E-state index contributed by atoms with van der Waals surface area (Å²) in [6.07, 6.45) is 0.964. The van der Waals surface area contributed by atoms with Crippen molar-refractivity contribution in [3.63, 3.8) is 0 Å². The quantitative estimate of drug-likeness (QED) is 0.0906. The van der Waals surface area contributed by atoms with Gasteiger partial charge in [0.1, 0.15) is 11.8 Å². The van der Waals surface area contributed by atoms with Gasteiger partial charge in [-0.2, -0.15) is 9.97 Å². The third kappa shape index (κ3) is 9.73. The van der Waals surface area contributed by atoms with E-state index in [1.54, 1.807) is 25.3 Å². The number of hydrogen-bond acceptors (Lipinski definition) is 15. The summed E-state index contributed by atoms with van der Waals surface area (Å²) in [7, 11) is -1.83. The van der Waals surface area contributed by atoms with Gasteiger partial charge in [0, 0.05) is 36.5 Å². The summed E-state index contributed by atoms with van der Waals surface area (Å²) in [6.45, 7) is 2.04. The van der Waals surface area contributed by atoms with Crippen LogP contribution in [0.1, 0.15) is 34.7 Å². The van der Waals surface area contributed by atoms with Gasteiger partial charge in [-0.05, 0) is 61.9 Å². The standard InChI is InChI=1S/C20H22N8O5.C10H11N3O3S/c1-28(9-11-8-23-17-15(24-11)16(21)26-20(22)27-17)12-4-2-10(3-5-12)18(31)25-13(19(32)33)6-7-14(29)30;1-7-6-10(12-16-7)13-17(14,15)9-4-2-8(11)3-5-9/h2-5,8,13H,6-7,9H2,1H3,(H,25,31)(H,29,30)(H,32,33)(H4,21,22,23,26,27);2-6H,11H2,1H3,(H,12,13)/t13-;/m0./s1. The number of carboxylic acid groups (broad SMARTS) is 2. The highest BCUT2D eigenvalue weighted by molar-refractivity contribution is 7.92. The minimum atomic E-state index is -3.64. The first-order valence-corrected chi connectivity index (χ1v) is 16.0. The molecule has 1 amide bonds. The molecule has 20 heteroatoms. The van der Waals surface area contributed by atoms with Crippen LogP contribution in [0, 0.1) is 6.92 Å². The molecule has 0 spiro atoms. The van der Waals surface area contributed by atoms with Crippen LogP contribution < -0.4 is 32.1 Å². The van der Waals surface area contributed by atoms with Gasteiger partial charge in [0.15, 0.2) is 22.8 Å². The molecule has 0 bridgehead atoms. The lowest BCUT2D eigenvalue weighted by Crippen LogP contribution is -2.41. The molecule has 5 rings (SSSR count). The van der Waals surface area contributed by atoms with E-state index in [0.29, 0.717) is 34.9 Å². The average Bonchev–Trinajstić information content (AvgIpc) is 3.46. The topological polar surface area (TPSA) is 309 Å². The van der Waals surface area contributed by atoms with Crippen LogP contribution in [0.25, 0.3) is 11.2 Å². The van der Waals surface area contributed by atoms with Gasteiger partial charge in [0.25, 0.3) is 15.9 Å².